The van der Waals surface area contributed by atoms with E-state index in [0.717, 1.165) is 11.1 Å². The highest BCUT2D eigenvalue weighted by atomic mass is 16.6. The molecule has 0 unspecified atom stereocenters. The van der Waals surface area contributed by atoms with E-state index in [0.29, 0.717) is 23.3 Å². The molecule has 3 aromatic rings. The Morgan fingerprint density at radius 2 is 1.86 bits per heavy atom. The van der Waals surface area contributed by atoms with Crippen LogP contribution >= 0.6 is 0 Å². The van der Waals surface area contributed by atoms with Crippen molar-refractivity contribution in [2.24, 2.45) is 0 Å². The Bertz CT molecular complexity index is 1380. The lowest BCUT2D eigenvalue weighted by Gasteiger charge is -2.25. The number of Topliss-reactive ketones (excluding diaryl/α,β-unsaturated/α-hetero) is 1. The van der Waals surface area contributed by atoms with E-state index in [2.05, 4.69) is 0 Å². The Balaban J connectivity index is 1.65. The van der Waals surface area contributed by atoms with Gasteiger partial charge in [0.05, 0.1) is 16.5 Å². The molecule has 0 saturated carbocycles. The fourth-order valence-electron chi connectivity index (χ4n) is 4.70. The lowest BCUT2D eigenvalue weighted by Crippen LogP contribution is -2.29. The number of nitro groups is 1. The van der Waals surface area contributed by atoms with E-state index in [1.165, 1.54) is 23.1 Å². The quantitative estimate of drug-likeness (QED) is 0.193. The Hall–Kier alpha value is -4.46. The molecule has 176 valence electrons. The summed E-state index contributed by atoms with van der Waals surface area (Å²) in [5.41, 5.74) is 2.17. The zero-order valence-corrected chi connectivity index (χ0v) is 18.9. The maximum atomic E-state index is 13.2. The van der Waals surface area contributed by atoms with E-state index < -0.39 is 22.7 Å². The number of non-ortho nitro benzene ring substituents is 1. The molecule has 1 N–H and O–H groups in total. The van der Waals surface area contributed by atoms with Crippen LogP contribution in [0.25, 0.3) is 5.76 Å². The number of carbonyl (C=O) groups excluding carboxylic acids is 2. The average molecular weight is 470 g/mol. The van der Waals surface area contributed by atoms with Crippen molar-refractivity contribution in [2.75, 3.05) is 0 Å². The molecular weight excluding hydrogens is 448 g/mol. The number of aliphatic hydroxyl groups is 1. The van der Waals surface area contributed by atoms with Crippen LogP contribution in [0.4, 0.5) is 5.69 Å². The van der Waals surface area contributed by atoms with Gasteiger partial charge in [0.25, 0.3) is 17.4 Å². The van der Waals surface area contributed by atoms with Crippen molar-refractivity contribution in [1.29, 1.82) is 0 Å². The Labute approximate surface area is 201 Å². The fourth-order valence-corrected chi connectivity index (χ4v) is 4.70. The van der Waals surface area contributed by atoms with Gasteiger partial charge in [0.15, 0.2) is 0 Å². The second-order valence-corrected chi connectivity index (χ2v) is 8.72. The van der Waals surface area contributed by atoms with E-state index in [-0.39, 0.29) is 29.7 Å². The first kappa shape index (κ1) is 22.3. The molecule has 2 aliphatic rings. The number of benzene rings is 3. The van der Waals surface area contributed by atoms with Crippen LogP contribution < -0.4 is 4.74 Å². The minimum absolute atomic E-state index is 0.00344. The smallest absolute Gasteiger partial charge is 0.295 e. The van der Waals surface area contributed by atoms with Crippen LogP contribution in [0.5, 0.6) is 5.75 Å². The summed E-state index contributed by atoms with van der Waals surface area (Å²) >= 11 is 0. The van der Waals surface area contributed by atoms with Crippen LogP contribution in [0.15, 0.2) is 78.4 Å². The summed E-state index contributed by atoms with van der Waals surface area (Å²) in [6, 6.07) is 19.1. The predicted molar refractivity (Wildman–Crippen MR) is 128 cm³/mol. The predicted octanol–water partition coefficient (Wildman–Crippen LogP) is 4.54. The highest BCUT2D eigenvalue weighted by Gasteiger charge is 2.46. The summed E-state index contributed by atoms with van der Waals surface area (Å²) in [5, 5.41) is 22.7. The molecule has 0 aliphatic carbocycles. The topological polar surface area (TPSA) is 110 Å². The van der Waals surface area contributed by atoms with E-state index >= 15 is 0 Å². The zero-order valence-electron chi connectivity index (χ0n) is 18.9. The second kappa shape index (κ2) is 8.72. The number of amides is 1. The summed E-state index contributed by atoms with van der Waals surface area (Å²) in [4.78, 5) is 38.6. The summed E-state index contributed by atoms with van der Waals surface area (Å²) in [6.45, 7) is 2.04. The Morgan fingerprint density at radius 3 is 2.60 bits per heavy atom. The number of nitrogens with zero attached hydrogens (tertiary/aromatic N) is 2. The van der Waals surface area contributed by atoms with Gasteiger partial charge in [-0.3, -0.25) is 19.7 Å². The monoisotopic (exact) mass is 470 g/mol. The molecule has 5 rings (SSSR count). The normalized spacial score (nSPS) is 20.5. The van der Waals surface area contributed by atoms with E-state index in [4.69, 9.17) is 4.74 Å². The van der Waals surface area contributed by atoms with Gasteiger partial charge in [0.1, 0.15) is 17.6 Å². The maximum Gasteiger partial charge on any atom is 0.295 e. The second-order valence-electron chi connectivity index (χ2n) is 8.72. The molecular formula is C27H22N2O6. The van der Waals surface area contributed by atoms with E-state index in [1.54, 1.807) is 24.3 Å². The van der Waals surface area contributed by atoms with Crippen molar-refractivity contribution < 1.29 is 24.4 Å². The van der Waals surface area contributed by atoms with E-state index in [9.17, 15) is 24.8 Å². The highest BCUT2D eigenvalue weighted by Crippen LogP contribution is 2.42. The van der Waals surface area contributed by atoms with Gasteiger partial charge >= 0.3 is 0 Å². The van der Waals surface area contributed by atoms with Crippen molar-refractivity contribution in [2.45, 2.75) is 32.0 Å². The molecule has 1 amide bonds. The number of likely N-dealkylation sites (tertiary alicyclic amines) is 1. The highest BCUT2D eigenvalue weighted by molar-refractivity contribution is 6.46. The molecule has 8 nitrogen and oxygen atoms in total. The molecule has 2 atom stereocenters. The largest absolute Gasteiger partial charge is 0.507 e. The Morgan fingerprint density at radius 1 is 1.09 bits per heavy atom. The maximum absolute atomic E-state index is 13.2. The van der Waals surface area contributed by atoms with Gasteiger partial charge in [-0.2, -0.15) is 0 Å². The molecule has 0 aromatic heterocycles. The van der Waals surface area contributed by atoms with Gasteiger partial charge in [0.2, 0.25) is 0 Å². The SMILES string of the molecule is C[C@H]1Cc2cc(C(O)=C3C(=O)C(=O)N(Cc4ccccc4)[C@@H]3c3cccc([N+](=O)[O-])c3)ccc2O1. The number of ketones is 1. The lowest BCUT2D eigenvalue weighted by molar-refractivity contribution is -0.384. The van der Waals surface area contributed by atoms with Crippen LogP contribution in [-0.4, -0.2) is 32.7 Å². The number of hydrogen-bond donors (Lipinski definition) is 1. The molecule has 0 spiro atoms. The number of aliphatic hydroxyl groups excluding tert-OH is 1. The number of rotatable bonds is 5. The van der Waals surface area contributed by atoms with Crippen LogP contribution in [0.2, 0.25) is 0 Å². The van der Waals surface area contributed by atoms with Gasteiger partial charge < -0.3 is 14.7 Å². The minimum Gasteiger partial charge on any atom is -0.507 e. The molecule has 8 heteroatoms. The summed E-state index contributed by atoms with van der Waals surface area (Å²) < 4.78 is 5.72. The first-order chi connectivity index (χ1) is 16.8. The van der Waals surface area contributed by atoms with Gasteiger partial charge in [0, 0.05) is 30.7 Å². The summed E-state index contributed by atoms with van der Waals surface area (Å²) in [5.74, 6) is -1.21. The summed E-state index contributed by atoms with van der Waals surface area (Å²) in [7, 11) is 0. The standard InChI is InChI=1S/C27H22N2O6/c1-16-12-20-13-19(10-11-22(20)35-16)25(30)23-24(18-8-5-9-21(14-18)29(33)34)28(27(32)26(23)31)15-17-6-3-2-4-7-17/h2-11,13-14,16,24,30H,12,15H2,1H3/t16-,24+/m0/s1. The van der Waals surface area contributed by atoms with Gasteiger partial charge in [-0.15, -0.1) is 0 Å². The third-order valence-corrected chi connectivity index (χ3v) is 6.30. The average Bonchev–Trinajstić information content (AvgIpc) is 3.35. The van der Waals surface area contributed by atoms with Gasteiger partial charge in [-0.1, -0.05) is 42.5 Å². The third-order valence-electron chi connectivity index (χ3n) is 6.30. The van der Waals surface area contributed by atoms with Crippen molar-refractivity contribution in [3.05, 3.63) is 111 Å². The zero-order chi connectivity index (χ0) is 24.7. The number of nitro benzene ring substituents is 1. The van der Waals surface area contributed by atoms with Crippen LogP contribution in [-0.2, 0) is 22.6 Å². The summed E-state index contributed by atoms with van der Waals surface area (Å²) in [6.07, 6.45) is 0.663. The van der Waals surface area contributed by atoms with Crippen molar-refractivity contribution in [1.82, 2.24) is 4.90 Å². The number of ether oxygens (including phenoxy) is 1. The molecule has 1 saturated heterocycles. The van der Waals surface area contributed by atoms with Crippen LogP contribution in [0.1, 0.15) is 35.2 Å². The first-order valence-corrected chi connectivity index (χ1v) is 11.2. The number of fused-ring (bicyclic) bond motifs is 1. The fraction of sp³-hybridized carbons (Fsp3) is 0.185. The number of hydrogen-bond acceptors (Lipinski definition) is 6. The molecule has 1 fully saturated rings. The van der Waals surface area contributed by atoms with Crippen molar-refractivity contribution >= 4 is 23.1 Å². The van der Waals surface area contributed by atoms with Crippen LogP contribution in [0, 0.1) is 10.1 Å². The molecule has 0 bridgehead atoms. The van der Waals surface area contributed by atoms with Gasteiger partial charge in [-0.05, 0) is 41.8 Å². The van der Waals surface area contributed by atoms with Gasteiger partial charge in [-0.25, -0.2) is 0 Å². The molecule has 2 aliphatic heterocycles. The Kier molecular flexibility index (Phi) is 5.56. The lowest BCUT2D eigenvalue weighted by atomic mass is 9.94. The minimum atomic E-state index is -0.987. The molecule has 0 radical (unpaired) electrons. The van der Waals surface area contributed by atoms with E-state index in [1.807, 2.05) is 37.3 Å². The third kappa shape index (κ3) is 4.03. The van der Waals surface area contributed by atoms with Crippen LogP contribution in [0.3, 0.4) is 0 Å². The number of carbonyl (C=O) groups is 2. The molecule has 2 heterocycles. The van der Waals surface area contributed by atoms with Crippen molar-refractivity contribution in [3.63, 3.8) is 0 Å². The molecule has 35 heavy (non-hydrogen) atoms. The first-order valence-electron chi connectivity index (χ1n) is 11.2. The molecule has 3 aromatic carbocycles. The van der Waals surface area contributed by atoms with Crippen molar-refractivity contribution in [3.8, 4) is 5.75 Å².